The molecule has 1 saturated heterocycles. The molecule has 0 spiro atoms. The first-order valence-corrected chi connectivity index (χ1v) is 8.52. The fourth-order valence-corrected chi connectivity index (χ4v) is 3.24. The fourth-order valence-electron chi connectivity index (χ4n) is 2.58. The predicted molar refractivity (Wildman–Crippen MR) is 89.9 cm³/mol. The van der Waals surface area contributed by atoms with Gasteiger partial charge in [0, 0.05) is 21.5 Å². The number of aromatic nitrogens is 2. The summed E-state index contributed by atoms with van der Waals surface area (Å²) in [6, 6.07) is 4.70. The molecule has 0 radical (unpaired) electrons. The third-order valence-corrected chi connectivity index (χ3v) is 5.53. The molecule has 0 bridgehead atoms. The van der Waals surface area contributed by atoms with Gasteiger partial charge < -0.3 is 9.88 Å². The highest BCUT2D eigenvalue weighted by Gasteiger charge is 2.09. The molecule has 20 heavy (non-hydrogen) atoms. The van der Waals surface area contributed by atoms with Crippen molar-refractivity contribution in [3.63, 3.8) is 0 Å². The van der Waals surface area contributed by atoms with E-state index in [2.05, 4.69) is 64.9 Å². The molecule has 0 unspecified atom stereocenters. The normalized spacial score (nSPS) is 20.0. The molecule has 1 aliphatic heterocycles. The Hall–Kier alpha value is -0.650. The lowest BCUT2D eigenvalue weighted by molar-refractivity contribution is 0.453. The van der Waals surface area contributed by atoms with Gasteiger partial charge in [-0.15, -0.1) is 0 Å². The van der Waals surface area contributed by atoms with E-state index in [4.69, 9.17) is 0 Å². The molecule has 0 saturated carbocycles. The second-order valence-electron chi connectivity index (χ2n) is 5.14. The van der Waals surface area contributed by atoms with E-state index in [-0.39, 0.29) is 0 Å². The molecule has 5 heteroatoms. The highest BCUT2D eigenvalue weighted by molar-refractivity contribution is 9.13. The van der Waals surface area contributed by atoms with Crippen LogP contribution in [0.5, 0.6) is 0 Å². The first-order valence-electron chi connectivity index (χ1n) is 6.94. The third kappa shape index (κ3) is 3.15. The molecule has 2 heterocycles. The number of halogens is 2. The molecular formula is C15H17Br2N3. The van der Waals surface area contributed by atoms with Crippen LogP contribution in [0.4, 0.5) is 0 Å². The lowest BCUT2D eigenvalue weighted by Gasteiger charge is -2.20. The van der Waals surface area contributed by atoms with Gasteiger partial charge >= 0.3 is 0 Å². The molecule has 1 N–H and O–H groups in total. The number of allylic oxidation sites excluding steroid dienone is 1. The molecule has 1 fully saturated rings. The monoisotopic (exact) mass is 397 g/mol. The van der Waals surface area contributed by atoms with Gasteiger partial charge in [-0.3, -0.25) is 0 Å². The zero-order valence-electron chi connectivity index (χ0n) is 11.1. The standard InChI is InChI=1S/C15H17Br2N3/c16-12-8-14-15(9-13(12)17)20(10-19-14)7-3-5-11-4-1-2-6-18-11/h3,5,8-11,18H,1-2,4,6-7H2/b5-3+/t11-/m1/s1. The summed E-state index contributed by atoms with van der Waals surface area (Å²) in [6.07, 6.45) is 10.3. The van der Waals surface area contributed by atoms with Crippen LogP contribution in [0.1, 0.15) is 19.3 Å². The van der Waals surface area contributed by atoms with Gasteiger partial charge in [0.2, 0.25) is 0 Å². The summed E-state index contributed by atoms with van der Waals surface area (Å²) in [5.74, 6) is 0. The molecule has 0 aliphatic carbocycles. The Morgan fingerprint density at radius 1 is 1.30 bits per heavy atom. The maximum absolute atomic E-state index is 4.45. The molecule has 1 aromatic heterocycles. The molecule has 2 aromatic rings. The van der Waals surface area contributed by atoms with Gasteiger partial charge in [-0.25, -0.2) is 4.98 Å². The van der Waals surface area contributed by atoms with E-state index >= 15 is 0 Å². The molecule has 1 aliphatic rings. The second-order valence-corrected chi connectivity index (χ2v) is 6.85. The fraction of sp³-hybridized carbons (Fsp3) is 0.400. The van der Waals surface area contributed by atoms with E-state index in [1.807, 2.05) is 12.4 Å². The van der Waals surface area contributed by atoms with Crippen LogP contribution in [0.2, 0.25) is 0 Å². The Morgan fingerprint density at radius 3 is 2.95 bits per heavy atom. The van der Waals surface area contributed by atoms with E-state index in [9.17, 15) is 0 Å². The molecule has 1 aromatic carbocycles. The number of rotatable bonds is 3. The van der Waals surface area contributed by atoms with Crippen molar-refractivity contribution < 1.29 is 0 Å². The average molecular weight is 399 g/mol. The van der Waals surface area contributed by atoms with Crippen molar-refractivity contribution in [2.24, 2.45) is 0 Å². The Kier molecular flexibility index (Phi) is 4.58. The summed E-state index contributed by atoms with van der Waals surface area (Å²) < 4.78 is 4.27. The van der Waals surface area contributed by atoms with Gasteiger partial charge in [-0.2, -0.15) is 0 Å². The van der Waals surface area contributed by atoms with E-state index in [0.717, 1.165) is 33.1 Å². The zero-order valence-corrected chi connectivity index (χ0v) is 14.3. The molecule has 1 atom stereocenters. The minimum absolute atomic E-state index is 0.541. The smallest absolute Gasteiger partial charge is 0.0961 e. The van der Waals surface area contributed by atoms with E-state index < -0.39 is 0 Å². The largest absolute Gasteiger partial charge is 0.327 e. The summed E-state index contributed by atoms with van der Waals surface area (Å²) in [6.45, 7) is 2.01. The van der Waals surface area contributed by atoms with Crippen LogP contribution < -0.4 is 5.32 Å². The zero-order chi connectivity index (χ0) is 13.9. The third-order valence-electron chi connectivity index (χ3n) is 3.68. The average Bonchev–Trinajstić information content (AvgIpc) is 2.83. The molecule has 106 valence electrons. The minimum Gasteiger partial charge on any atom is -0.327 e. The number of nitrogens with one attached hydrogen (secondary N) is 1. The van der Waals surface area contributed by atoms with Gasteiger partial charge in [0.1, 0.15) is 0 Å². The summed E-state index contributed by atoms with van der Waals surface area (Å²) >= 11 is 7.06. The van der Waals surface area contributed by atoms with Crippen LogP contribution in [0, 0.1) is 0 Å². The lowest BCUT2D eigenvalue weighted by atomic mass is 10.0. The van der Waals surface area contributed by atoms with Crippen molar-refractivity contribution in [3.05, 3.63) is 39.6 Å². The lowest BCUT2D eigenvalue weighted by Crippen LogP contribution is -2.32. The van der Waals surface area contributed by atoms with Gasteiger partial charge in [0.15, 0.2) is 0 Å². The maximum atomic E-state index is 4.45. The highest BCUT2D eigenvalue weighted by Crippen LogP contribution is 2.28. The first-order chi connectivity index (χ1) is 9.74. The van der Waals surface area contributed by atoms with Gasteiger partial charge in [-0.05, 0) is 63.4 Å². The Labute approximate surface area is 135 Å². The van der Waals surface area contributed by atoms with E-state index in [0.29, 0.717) is 6.04 Å². The first kappa shape index (κ1) is 14.3. The van der Waals surface area contributed by atoms with Crippen LogP contribution >= 0.6 is 31.9 Å². The number of fused-ring (bicyclic) bond motifs is 1. The van der Waals surface area contributed by atoms with Crippen LogP contribution in [0.25, 0.3) is 11.0 Å². The summed E-state index contributed by atoms with van der Waals surface area (Å²) in [5, 5.41) is 3.53. The Morgan fingerprint density at radius 2 is 2.15 bits per heavy atom. The molecule has 0 amide bonds. The van der Waals surface area contributed by atoms with Crippen molar-refractivity contribution in [2.45, 2.75) is 31.8 Å². The highest BCUT2D eigenvalue weighted by atomic mass is 79.9. The second kappa shape index (κ2) is 6.41. The van der Waals surface area contributed by atoms with Crippen molar-refractivity contribution in [1.29, 1.82) is 0 Å². The van der Waals surface area contributed by atoms with Crippen molar-refractivity contribution in [1.82, 2.24) is 14.9 Å². The van der Waals surface area contributed by atoms with Crippen LogP contribution in [0.15, 0.2) is 39.6 Å². The quantitative estimate of drug-likeness (QED) is 0.782. The van der Waals surface area contributed by atoms with Crippen LogP contribution in [-0.2, 0) is 6.54 Å². The van der Waals surface area contributed by atoms with Crippen molar-refractivity contribution in [3.8, 4) is 0 Å². The van der Waals surface area contributed by atoms with E-state index in [1.54, 1.807) is 0 Å². The summed E-state index contributed by atoms with van der Waals surface area (Å²) in [4.78, 5) is 4.45. The van der Waals surface area contributed by atoms with Gasteiger partial charge in [0.05, 0.1) is 17.4 Å². The number of hydrogen-bond donors (Lipinski definition) is 1. The van der Waals surface area contributed by atoms with Crippen LogP contribution in [0.3, 0.4) is 0 Å². The SMILES string of the molecule is Brc1cc2ncn(C/C=C/[C@H]3CCCCN3)c2cc1Br. The summed E-state index contributed by atoms with van der Waals surface area (Å²) in [7, 11) is 0. The number of piperidine rings is 1. The maximum Gasteiger partial charge on any atom is 0.0961 e. The molecular weight excluding hydrogens is 382 g/mol. The van der Waals surface area contributed by atoms with Gasteiger partial charge in [0.25, 0.3) is 0 Å². The predicted octanol–water partition coefficient (Wildman–Crippen LogP) is 4.26. The topological polar surface area (TPSA) is 29.9 Å². The van der Waals surface area contributed by atoms with Crippen molar-refractivity contribution >= 4 is 42.9 Å². The van der Waals surface area contributed by atoms with Gasteiger partial charge in [-0.1, -0.05) is 18.6 Å². The Bertz CT molecular complexity index is 627. The van der Waals surface area contributed by atoms with Crippen LogP contribution in [-0.4, -0.2) is 22.1 Å². The Balaban J connectivity index is 1.74. The summed E-state index contributed by atoms with van der Waals surface area (Å²) in [5.41, 5.74) is 2.17. The van der Waals surface area contributed by atoms with E-state index in [1.165, 1.54) is 19.3 Å². The number of benzene rings is 1. The molecule has 3 rings (SSSR count). The molecule has 3 nitrogen and oxygen atoms in total. The number of imidazole rings is 1. The number of nitrogens with zero attached hydrogens (tertiary/aromatic N) is 2. The number of hydrogen-bond acceptors (Lipinski definition) is 2. The van der Waals surface area contributed by atoms with Crippen molar-refractivity contribution in [2.75, 3.05) is 6.54 Å². The minimum atomic E-state index is 0.541.